The number of aromatic nitrogens is 2. The van der Waals surface area contributed by atoms with Gasteiger partial charge in [0.05, 0.1) is 28.5 Å². The van der Waals surface area contributed by atoms with Gasteiger partial charge in [0, 0.05) is 13.7 Å². The maximum Gasteiger partial charge on any atom is 0.0833 e. The molecule has 2 unspecified atom stereocenters. The van der Waals surface area contributed by atoms with Crippen molar-refractivity contribution in [2.75, 3.05) is 13.2 Å². The first kappa shape index (κ1) is 17.7. The molecule has 20 heavy (non-hydrogen) atoms. The Kier molecular flexibility index (Phi) is 6.69. The molecule has 2 atom stereocenters. The number of hydrogen-bond acceptors (Lipinski definition) is 3. The predicted octanol–water partition coefficient (Wildman–Crippen LogP) is 3.67. The molecule has 116 valence electrons. The number of rotatable bonds is 7. The van der Waals surface area contributed by atoms with Gasteiger partial charge in [-0.05, 0) is 41.2 Å². The van der Waals surface area contributed by atoms with Gasteiger partial charge in [-0.1, -0.05) is 27.7 Å². The van der Waals surface area contributed by atoms with Crippen molar-refractivity contribution in [3.05, 3.63) is 16.4 Å². The summed E-state index contributed by atoms with van der Waals surface area (Å²) in [6.07, 6.45) is 3.03. The summed E-state index contributed by atoms with van der Waals surface area (Å²) in [6.45, 7) is 12.6. The van der Waals surface area contributed by atoms with E-state index < -0.39 is 0 Å². The molecule has 1 N–H and O–H groups in total. The molecule has 0 saturated heterocycles. The molecule has 1 aromatic rings. The average Bonchev–Trinajstić information content (AvgIpc) is 2.68. The molecule has 4 nitrogen and oxygen atoms in total. The highest BCUT2D eigenvalue weighted by molar-refractivity contribution is 9.10. The molecule has 0 aromatic carbocycles. The highest BCUT2D eigenvalue weighted by Gasteiger charge is 2.36. The van der Waals surface area contributed by atoms with Crippen LogP contribution in [0.25, 0.3) is 0 Å². The van der Waals surface area contributed by atoms with Crippen molar-refractivity contribution in [3.8, 4) is 0 Å². The molecule has 0 spiro atoms. The molecule has 0 aliphatic carbocycles. The van der Waals surface area contributed by atoms with E-state index in [0.29, 0.717) is 6.61 Å². The number of aryl methyl sites for hydroxylation is 1. The van der Waals surface area contributed by atoms with E-state index >= 15 is 0 Å². The molecule has 0 radical (unpaired) electrons. The molecule has 0 bridgehead atoms. The zero-order chi connectivity index (χ0) is 15.3. The van der Waals surface area contributed by atoms with E-state index in [0.717, 1.165) is 23.1 Å². The van der Waals surface area contributed by atoms with Crippen LogP contribution in [0.3, 0.4) is 0 Å². The summed E-state index contributed by atoms with van der Waals surface area (Å²) in [5.74, 6) is 0. The van der Waals surface area contributed by atoms with Gasteiger partial charge in [0.15, 0.2) is 0 Å². The molecular formula is C15H28BrN3O. The minimum atomic E-state index is 0.0468. The highest BCUT2D eigenvalue weighted by atomic mass is 79.9. The largest absolute Gasteiger partial charge is 0.376 e. The van der Waals surface area contributed by atoms with Crippen molar-refractivity contribution in [2.24, 2.45) is 12.5 Å². The van der Waals surface area contributed by atoms with Crippen LogP contribution in [0, 0.1) is 5.41 Å². The average molecular weight is 346 g/mol. The summed E-state index contributed by atoms with van der Waals surface area (Å²) in [5, 5.41) is 7.97. The van der Waals surface area contributed by atoms with Crippen LogP contribution in [0.4, 0.5) is 0 Å². The Morgan fingerprint density at radius 3 is 2.45 bits per heavy atom. The van der Waals surface area contributed by atoms with Crippen molar-refractivity contribution in [1.82, 2.24) is 15.1 Å². The lowest BCUT2D eigenvalue weighted by atomic mass is 9.83. The zero-order valence-corrected chi connectivity index (χ0v) is 15.1. The van der Waals surface area contributed by atoms with Crippen molar-refractivity contribution in [1.29, 1.82) is 0 Å². The van der Waals surface area contributed by atoms with E-state index in [2.05, 4.69) is 54.0 Å². The lowest BCUT2D eigenvalue weighted by Gasteiger charge is -2.37. The molecule has 1 rings (SSSR count). The van der Waals surface area contributed by atoms with E-state index in [9.17, 15) is 0 Å². The third-order valence-electron chi connectivity index (χ3n) is 3.35. The van der Waals surface area contributed by atoms with Gasteiger partial charge in [-0.3, -0.25) is 4.68 Å². The first-order valence-electron chi connectivity index (χ1n) is 7.35. The molecule has 0 amide bonds. The van der Waals surface area contributed by atoms with Crippen LogP contribution >= 0.6 is 15.9 Å². The molecular weight excluding hydrogens is 318 g/mol. The Labute approximate surface area is 131 Å². The van der Waals surface area contributed by atoms with E-state index in [1.54, 1.807) is 0 Å². The Hall–Kier alpha value is -0.390. The third kappa shape index (κ3) is 4.30. The van der Waals surface area contributed by atoms with Crippen molar-refractivity contribution in [3.63, 3.8) is 0 Å². The SMILES string of the molecule is CCCNC(c1c(Br)cnn1C)C(OCC)C(C)(C)C. The fourth-order valence-electron chi connectivity index (χ4n) is 2.44. The molecule has 0 saturated carbocycles. The van der Waals surface area contributed by atoms with Crippen LogP contribution in [0.15, 0.2) is 10.7 Å². The van der Waals surface area contributed by atoms with Crippen LogP contribution in [-0.2, 0) is 11.8 Å². The zero-order valence-electron chi connectivity index (χ0n) is 13.5. The smallest absolute Gasteiger partial charge is 0.0833 e. The van der Waals surface area contributed by atoms with Gasteiger partial charge in [-0.25, -0.2) is 0 Å². The van der Waals surface area contributed by atoms with Gasteiger partial charge in [0.1, 0.15) is 0 Å². The van der Waals surface area contributed by atoms with Gasteiger partial charge >= 0.3 is 0 Å². The summed E-state index contributed by atoms with van der Waals surface area (Å²) >= 11 is 3.62. The quantitative estimate of drug-likeness (QED) is 0.819. The lowest BCUT2D eigenvalue weighted by Crippen LogP contribution is -2.43. The molecule has 0 aliphatic heterocycles. The van der Waals surface area contributed by atoms with Crippen molar-refractivity contribution >= 4 is 15.9 Å². The highest BCUT2D eigenvalue weighted by Crippen LogP contribution is 2.35. The second-order valence-corrected chi connectivity index (χ2v) is 7.03. The van der Waals surface area contributed by atoms with Crippen molar-refractivity contribution < 1.29 is 4.74 Å². The van der Waals surface area contributed by atoms with Crippen LogP contribution < -0.4 is 5.32 Å². The summed E-state index contributed by atoms with van der Waals surface area (Å²) in [5.41, 5.74) is 1.19. The van der Waals surface area contributed by atoms with Crippen LogP contribution in [0.5, 0.6) is 0 Å². The van der Waals surface area contributed by atoms with Crippen LogP contribution in [0.1, 0.15) is 52.8 Å². The van der Waals surface area contributed by atoms with Gasteiger partial charge in [0.25, 0.3) is 0 Å². The Morgan fingerprint density at radius 2 is 2.05 bits per heavy atom. The fraction of sp³-hybridized carbons (Fsp3) is 0.800. The number of nitrogens with zero attached hydrogens (tertiary/aromatic N) is 2. The van der Waals surface area contributed by atoms with Crippen molar-refractivity contribution in [2.45, 2.75) is 53.2 Å². The first-order chi connectivity index (χ1) is 9.32. The second-order valence-electron chi connectivity index (χ2n) is 6.18. The van der Waals surface area contributed by atoms with Gasteiger partial charge < -0.3 is 10.1 Å². The van der Waals surface area contributed by atoms with Gasteiger partial charge in [-0.2, -0.15) is 5.10 Å². The number of nitrogens with one attached hydrogen (secondary N) is 1. The van der Waals surface area contributed by atoms with E-state index in [-0.39, 0.29) is 17.6 Å². The molecule has 0 fully saturated rings. The minimum Gasteiger partial charge on any atom is -0.376 e. The maximum absolute atomic E-state index is 6.07. The summed E-state index contributed by atoms with van der Waals surface area (Å²) in [6, 6.07) is 0.122. The summed E-state index contributed by atoms with van der Waals surface area (Å²) in [7, 11) is 1.98. The standard InChI is InChI=1S/C15H28BrN3O/c1-7-9-17-12(13-11(16)10-18-19(13)6)14(20-8-2)15(3,4)5/h10,12,14,17H,7-9H2,1-6H3. The lowest BCUT2D eigenvalue weighted by molar-refractivity contribution is -0.0383. The van der Waals surface area contributed by atoms with Gasteiger partial charge in [-0.15, -0.1) is 0 Å². The molecule has 0 aliphatic rings. The third-order valence-corrected chi connectivity index (χ3v) is 3.96. The Morgan fingerprint density at radius 1 is 1.40 bits per heavy atom. The molecule has 1 heterocycles. The normalized spacial score (nSPS) is 15.3. The van der Waals surface area contributed by atoms with E-state index in [1.165, 1.54) is 0 Å². The second kappa shape index (κ2) is 7.57. The number of hydrogen-bond donors (Lipinski definition) is 1. The maximum atomic E-state index is 6.07. The molecule has 1 aromatic heterocycles. The summed E-state index contributed by atoms with van der Waals surface area (Å²) < 4.78 is 9.03. The summed E-state index contributed by atoms with van der Waals surface area (Å²) in [4.78, 5) is 0. The molecule has 5 heteroatoms. The monoisotopic (exact) mass is 345 g/mol. The first-order valence-corrected chi connectivity index (χ1v) is 8.14. The van der Waals surface area contributed by atoms with Gasteiger partial charge in [0.2, 0.25) is 0 Å². The Balaban J connectivity index is 3.15. The van der Waals surface area contributed by atoms with E-state index in [4.69, 9.17) is 4.74 Å². The van der Waals surface area contributed by atoms with Crippen LogP contribution in [-0.4, -0.2) is 29.0 Å². The topological polar surface area (TPSA) is 39.1 Å². The number of halogens is 1. The predicted molar refractivity (Wildman–Crippen MR) is 86.8 cm³/mol. The Bertz CT molecular complexity index is 392. The number of ether oxygens (including phenoxy) is 1. The van der Waals surface area contributed by atoms with E-state index in [1.807, 2.05) is 24.9 Å². The fourth-order valence-corrected chi connectivity index (χ4v) is 3.04. The van der Waals surface area contributed by atoms with Crippen LogP contribution in [0.2, 0.25) is 0 Å². The minimum absolute atomic E-state index is 0.0468.